The predicted molar refractivity (Wildman–Crippen MR) is 71.1 cm³/mol. The normalized spacial score (nSPS) is 27.0. The summed E-state index contributed by atoms with van der Waals surface area (Å²) in [7, 11) is 1.08. The molecule has 0 spiro atoms. The molecule has 0 aromatic heterocycles. The zero-order valence-electron chi connectivity index (χ0n) is 13.6. The maximum atomic E-state index is 14.6. The minimum atomic E-state index is -7.27. The Labute approximate surface area is 149 Å². The summed E-state index contributed by atoms with van der Waals surface area (Å²) in [5.74, 6) is -35.7. The summed E-state index contributed by atoms with van der Waals surface area (Å²) in [6, 6.07) is 3.88. The van der Waals surface area contributed by atoms with Gasteiger partial charge in [0.15, 0.2) is 0 Å². The van der Waals surface area contributed by atoms with Crippen molar-refractivity contribution in [1.82, 2.24) is 0 Å². The van der Waals surface area contributed by atoms with Gasteiger partial charge in [0.25, 0.3) is 5.67 Å². The van der Waals surface area contributed by atoms with Crippen LogP contribution in [0.2, 0.25) is 0 Å². The van der Waals surface area contributed by atoms with E-state index >= 15 is 0 Å². The second-order valence-electron chi connectivity index (χ2n) is 6.17. The number of ether oxygens (including phenoxy) is 1. The fraction of sp³-hybridized carbons (Fsp3) is 0.600. The number of benzene rings is 1. The topological polar surface area (TPSA) is 29.5 Å². The summed E-state index contributed by atoms with van der Waals surface area (Å²) in [6.45, 7) is 0. The molecule has 1 unspecified atom stereocenters. The molecule has 1 fully saturated rings. The number of alkyl halides is 11. The van der Waals surface area contributed by atoms with E-state index in [2.05, 4.69) is 4.74 Å². The summed E-state index contributed by atoms with van der Waals surface area (Å²) in [5, 5.41) is 9.75. The van der Waals surface area contributed by atoms with E-state index in [0.717, 1.165) is 25.3 Å². The lowest BCUT2D eigenvalue weighted by Gasteiger charge is -2.52. The second kappa shape index (κ2) is 6.10. The highest BCUT2D eigenvalue weighted by molar-refractivity contribution is 5.32. The van der Waals surface area contributed by atoms with Gasteiger partial charge in [-0.1, -0.05) is 12.1 Å². The Hall–Kier alpha value is -1.79. The van der Waals surface area contributed by atoms with Crippen LogP contribution in [0.15, 0.2) is 24.3 Å². The zero-order valence-corrected chi connectivity index (χ0v) is 13.6. The Morgan fingerprint density at radius 2 is 1.21 bits per heavy atom. The third kappa shape index (κ3) is 2.43. The summed E-state index contributed by atoms with van der Waals surface area (Å²) in [4.78, 5) is 0. The summed E-state index contributed by atoms with van der Waals surface area (Å²) < 4.78 is 155. The number of aliphatic hydroxyl groups excluding tert-OH is 1. The molecule has 0 amide bonds. The molecule has 1 N–H and O–H groups in total. The Morgan fingerprint density at radius 1 is 0.786 bits per heavy atom. The van der Waals surface area contributed by atoms with E-state index in [1.807, 2.05) is 0 Å². The monoisotopic (exact) mass is 432 g/mol. The molecule has 1 atom stereocenters. The van der Waals surface area contributed by atoms with Gasteiger partial charge >= 0.3 is 29.6 Å². The molecular weight excluding hydrogens is 421 g/mol. The van der Waals surface area contributed by atoms with Crippen LogP contribution < -0.4 is 4.74 Å². The molecule has 28 heavy (non-hydrogen) atoms. The molecule has 0 aliphatic heterocycles. The van der Waals surface area contributed by atoms with Gasteiger partial charge in [-0.2, -0.15) is 43.9 Å². The molecule has 0 radical (unpaired) electrons. The molecular formula is C15H11F11O2. The summed E-state index contributed by atoms with van der Waals surface area (Å²) in [6.07, 6.45) is -5.50. The van der Waals surface area contributed by atoms with Crippen molar-refractivity contribution in [2.75, 3.05) is 7.11 Å². The first-order chi connectivity index (χ1) is 12.4. The van der Waals surface area contributed by atoms with Crippen LogP contribution in [0, 0.1) is 0 Å². The lowest BCUT2D eigenvalue weighted by Crippen LogP contribution is -2.83. The molecule has 2 nitrogen and oxygen atoms in total. The van der Waals surface area contributed by atoms with Crippen LogP contribution in [0.4, 0.5) is 48.3 Å². The molecule has 1 aliphatic carbocycles. The first-order valence-corrected chi connectivity index (χ1v) is 7.32. The standard InChI is InChI=1S/C15H11F11O2/c1-28-8-4-2-3-7(5-8)9(27)6-10(16)11(17,18)13(21,22)15(25,26)14(23,24)12(10,19)20/h2-5,9,27H,6H2,1H3. The molecule has 1 aliphatic rings. The van der Waals surface area contributed by atoms with Gasteiger partial charge < -0.3 is 9.84 Å². The van der Waals surface area contributed by atoms with Gasteiger partial charge in [-0.3, -0.25) is 0 Å². The zero-order chi connectivity index (χ0) is 22.0. The lowest BCUT2D eigenvalue weighted by atomic mass is 9.69. The van der Waals surface area contributed by atoms with Gasteiger partial charge in [-0.25, -0.2) is 4.39 Å². The van der Waals surface area contributed by atoms with Crippen LogP contribution in [0.25, 0.3) is 0 Å². The molecule has 1 saturated carbocycles. The fourth-order valence-corrected chi connectivity index (χ4v) is 2.78. The summed E-state index contributed by atoms with van der Waals surface area (Å²) in [5.41, 5.74) is -6.87. The number of hydrogen-bond donors (Lipinski definition) is 1. The van der Waals surface area contributed by atoms with E-state index in [-0.39, 0.29) is 5.75 Å². The predicted octanol–water partition coefficient (Wildman–Crippen LogP) is 5.02. The van der Waals surface area contributed by atoms with Crippen LogP contribution in [0.1, 0.15) is 18.1 Å². The average Bonchev–Trinajstić information content (AvgIpc) is 2.59. The van der Waals surface area contributed by atoms with Crippen LogP contribution in [0.3, 0.4) is 0 Å². The minimum Gasteiger partial charge on any atom is -0.497 e. The Balaban J connectivity index is 2.62. The quantitative estimate of drug-likeness (QED) is 0.678. The van der Waals surface area contributed by atoms with Gasteiger partial charge in [0, 0.05) is 6.42 Å². The van der Waals surface area contributed by atoms with Gasteiger partial charge in [-0.15, -0.1) is 0 Å². The molecule has 1 aromatic carbocycles. The van der Waals surface area contributed by atoms with Gasteiger partial charge in [0.05, 0.1) is 13.2 Å². The number of methoxy groups -OCH3 is 1. The Bertz CT molecular complexity index is 717. The van der Waals surface area contributed by atoms with E-state index in [1.54, 1.807) is 0 Å². The van der Waals surface area contributed by atoms with Crippen molar-refractivity contribution in [2.45, 2.75) is 47.8 Å². The molecule has 2 rings (SSSR count). The fourth-order valence-electron chi connectivity index (χ4n) is 2.78. The van der Waals surface area contributed by atoms with Crippen molar-refractivity contribution in [2.24, 2.45) is 0 Å². The van der Waals surface area contributed by atoms with Crippen LogP contribution in [-0.4, -0.2) is 47.5 Å². The highest BCUT2D eigenvalue weighted by Crippen LogP contribution is 2.70. The first-order valence-electron chi connectivity index (χ1n) is 7.32. The number of aliphatic hydroxyl groups is 1. The number of halogens is 11. The summed E-state index contributed by atoms with van der Waals surface area (Å²) >= 11 is 0. The highest BCUT2D eigenvalue weighted by Gasteiger charge is 3.00. The highest BCUT2D eigenvalue weighted by atomic mass is 19.4. The van der Waals surface area contributed by atoms with Crippen molar-refractivity contribution < 1.29 is 58.1 Å². The largest absolute Gasteiger partial charge is 0.497 e. The van der Waals surface area contributed by atoms with Crippen molar-refractivity contribution in [1.29, 1.82) is 0 Å². The number of hydrogen-bond acceptors (Lipinski definition) is 2. The molecule has 13 heteroatoms. The van der Waals surface area contributed by atoms with E-state index in [4.69, 9.17) is 0 Å². The van der Waals surface area contributed by atoms with Gasteiger partial charge in [0.1, 0.15) is 5.75 Å². The molecule has 0 bridgehead atoms. The van der Waals surface area contributed by atoms with Crippen LogP contribution in [-0.2, 0) is 0 Å². The molecule has 1 aromatic rings. The lowest BCUT2D eigenvalue weighted by molar-refractivity contribution is -0.487. The first kappa shape index (κ1) is 22.5. The van der Waals surface area contributed by atoms with Crippen molar-refractivity contribution in [3.8, 4) is 5.75 Å². The Morgan fingerprint density at radius 3 is 1.64 bits per heavy atom. The third-order valence-electron chi connectivity index (χ3n) is 4.53. The third-order valence-corrected chi connectivity index (χ3v) is 4.53. The molecule has 160 valence electrons. The smallest absolute Gasteiger partial charge is 0.384 e. The second-order valence-corrected chi connectivity index (χ2v) is 6.17. The van der Waals surface area contributed by atoms with Crippen molar-refractivity contribution in [3.05, 3.63) is 29.8 Å². The Kier molecular flexibility index (Phi) is 4.90. The van der Waals surface area contributed by atoms with Crippen LogP contribution in [0.5, 0.6) is 5.75 Å². The molecule has 0 heterocycles. The van der Waals surface area contributed by atoms with E-state index in [0.29, 0.717) is 0 Å². The number of rotatable bonds is 4. The molecule has 0 saturated heterocycles. The van der Waals surface area contributed by atoms with E-state index in [9.17, 15) is 53.4 Å². The SMILES string of the molecule is COc1cccc(C(O)CC2(F)C(F)(F)C(F)(F)C(F)(F)C(F)(F)C2(F)F)c1. The van der Waals surface area contributed by atoms with Gasteiger partial charge in [-0.05, 0) is 17.7 Å². The van der Waals surface area contributed by atoms with E-state index in [1.165, 1.54) is 6.07 Å². The maximum Gasteiger partial charge on any atom is 0.384 e. The average molecular weight is 432 g/mol. The van der Waals surface area contributed by atoms with Crippen LogP contribution >= 0.6 is 0 Å². The van der Waals surface area contributed by atoms with Crippen molar-refractivity contribution in [3.63, 3.8) is 0 Å². The maximum absolute atomic E-state index is 14.6. The van der Waals surface area contributed by atoms with Gasteiger partial charge in [0.2, 0.25) is 0 Å². The van der Waals surface area contributed by atoms with Crippen molar-refractivity contribution >= 4 is 0 Å². The van der Waals surface area contributed by atoms with E-state index < -0.39 is 53.4 Å². The minimum absolute atomic E-state index is 0.117.